The molecular formula is C17H31NO3. The lowest BCUT2D eigenvalue weighted by molar-refractivity contribution is -0.155. The van der Waals surface area contributed by atoms with E-state index in [0.29, 0.717) is 24.4 Å². The van der Waals surface area contributed by atoms with Crippen molar-refractivity contribution in [1.82, 2.24) is 5.32 Å². The summed E-state index contributed by atoms with van der Waals surface area (Å²) in [4.78, 5) is 12.3. The summed E-state index contributed by atoms with van der Waals surface area (Å²) in [6, 6.07) is 0. The summed E-state index contributed by atoms with van der Waals surface area (Å²) >= 11 is 0. The molecule has 21 heavy (non-hydrogen) atoms. The van der Waals surface area contributed by atoms with Crippen molar-refractivity contribution in [3.05, 3.63) is 0 Å². The second-order valence-corrected chi connectivity index (χ2v) is 7.12. The van der Waals surface area contributed by atoms with Gasteiger partial charge in [0.15, 0.2) is 0 Å². The van der Waals surface area contributed by atoms with E-state index in [0.717, 1.165) is 32.2 Å². The Morgan fingerprint density at radius 3 is 2.29 bits per heavy atom. The van der Waals surface area contributed by atoms with Gasteiger partial charge in [0.1, 0.15) is 5.54 Å². The van der Waals surface area contributed by atoms with E-state index in [1.165, 1.54) is 13.5 Å². The van der Waals surface area contributed by atoms with Gasteiger partial charge in [-0.2, -0.15) is 0 Å². The number of hydrogen-bond acceptors (Lipinski definition) is 4. The van der Waals surface area contributed by atoms with Crippen molar-refractivity contribution in [2.75, 3.05) is 20.3 Å². The van der Waals surface area contributed by atoms with Crippen molar-refractivity contribution >= 4 is 5.97 Å². The first kappa shape index (κ1) is 16.8. The minimum atomic E-state index is -0.632. The van der Waals surface area contributed by atoms with Crippen molar-refractivity contribution in [3.8, 4) is 0 Å². The standard InChI is InChI=1S/C17H31NO3/c1-5-18-17(14-6-7-14,16(19)20-4)11-21-15-9-12(2)8-13(3)10-15/h12-15,18H,5-11H2,1-4H3. The number of ether oxygens (including phenoxy) is 2. The number of hydrogen-bond donors (Lipinski definition) is 1. The topological polar surface area (TPSA) is 47.6 Å². The van der Waals surface area contributed by atoms with Gasteiger partial charge in [0.2, 0.25) is 0 Å². The molecule has 0 bridgehead atoms. The van der Waals surface area contributed by atoms with Gasteiger partial charge in [-0.05, 0) is 56.4 Å². The predicted octanol–water partition coefficient (Wildman–Crippen LogP) is 2.76. The number of nitrogens with one attached hydrogen (secondary N) is 1. The van der Waals surface area contributed by atoms with Crippen LogP contribution >= 0.6 is 0 Å². The Kier molecular flexibility index (Phi) is 5.67. The lowest BCUT2D eigenvalue weighted by atomic mass is 9.81. The van der Waals surface area contributed by atoms with Crippen LogP contribution in [-0.4, -0.2) is 37.9 Å². The highest BCUT2D eigenvalue weighted by Gasteiger charge is 2.52. The first-order valence-electron chi connectivity index (χ1n) is 8.46. The highest BCUT2D eigenvalue weighted by atomic mass is 16.5. The highest BCUT2D eigenvalue weighted by Crippen LogP contribution is 2.41. The molecule has 0 aromatic rings. The maximum atomic E-state index is 12.3. The van der Waals surface area contributed by atoms with Gasteiger partial charge in [-0.25, -0.2) is 4.79 Å². The molecule has 2 aliphatic rings. The maximum absolute atomic E-state index is 12.3. The Bertz CT molecular complexity index is 346. The molecule has 4 heteroatoms. The molecule has 0 spiro atoms. The molecule has 3 unspecified atom stereocenters. The van der Waals surface area contributed by atoms with E-state index in [1.54, 1.807) is 0 Å². The zero-order valence-electron chi connectivity index (χ0n) is 14.0. The molecule has 0 aromatic carbocycles. The number of carbonyl (C=O) groups excluding carboxylic acids is 1. The van der Waals surface area contributed by atoms with Crippen molar-refractivity contribution in [3.63, 3.8) is 0 Å². The first-order valence-corrected chi connectivity index (χ1v) is 8.46. The van der Waals surface area contributed by atoms with Gasteiger partial charge in [-0.15, -0.1) is 0 Å². The Labute approximate surface area is 129 Å². The zero-order valence-corrected chi connectivity index (χ0v) is 14.0. The molecule has 0 amide bonds. The fraction of sp³-hybridized carbons (Fsp3) is 0.941. The third-order valence-corrected chi connectivity index (χ3v) is 5.00. The summed E-state index contributed by atoms with van der Waals surface area (Å²) in [7, 11) is 1.47. The van der Waals surface area contributed by atoms with Crippen LogP contribution in [0.2, 0.25) is 0 Å². The normalized spacial score (nSPS) is 32.5. The summed E-state index contributed by atoms with van der Waals surface area (Å²) in [5.41, 5.74) is -0.632. The van der Waals surface area contributed by atoms with Crippen LogP contribution in [0.1, 0.15) is 52.9 Å². The molecule has 2 aliphatic carbocycles. The van der Waals surface area contributed by atoms with Gasteiger partial charge in [0, 0.05) is 0 Å². The summed E-state index contributed by atoms with van der Waals surface area (Å²) in [5, 5.41) is 3.37. The lowest BCUT2D eigenvalue weighted by Gasteiger charge is -2.36. The molecule has 0 radical (unpaired) electrons. The Balaban J connectivity index is 1.99. The summed E-state index contributed by atoms with van der Waals surface area (Å²) < 4.78 is 11.3. The second kappa shape index (κ2) is 7.10. The average molecular weight is 297 g/mol. The molecule has 0 aromatic heterocycles. The maximum Gasteiger partial charge on any atom is 0.328 e. The highest BCUT2D eigenvalue weighted by molar-refractivity contribution is 5.82. The third-order valence-electron chi connectivity index (χ3n) is 5.00. The van der Waals surface area contributed by atoms with Gasteiger partial charge in [0.25, 0.3) is 0 Å². The molecule has 2 rings (SSSR count). The summed E-state index contributed by atoms with van der Waals surface area (Å²) in [5.74, 6) is 1.63. The fourth-order valence-electron chi connectivity index (χ4n) is 3.94. The Morgan fingerprint density at radius 1 is 1.19 bits per heavy atom. The van der Waals surface area contributed by atoms with Crippen LogP contribution in [0.3, 0.4) is 0 Å². The molecule has 1 N–H and O–H groups in total. The van der Waals surface area contributed by atoms with E-state index < -0.39 is 5.54 Å². The van der Waals surface area contributed by atoms with E-state index in [4.69, 9.17) is 9.47 Å². The van der Waals surface area contributed by atoms with Crippen LogP contribution in [-0.2, 0) is 14.3 Å². The van der Waals surface area contributed by atoms with E-state index in [2.05, 4.69) is 19.2 Å². The molecule has 0 aliphatic heterocycles. The molecule has 4 nitrogen and oxygen atoms in total. The number of rotatable bonds is 7. The smallest absolute Gasteiger partial charge is 0.328 e. The monoisotopic (exact) mass is 297 g/mol. The largest absolute Gasteiger partial charge is 0.468 e. The first-order chi connectivity index (χ1) is 10.0. The zero-order chi connectivity index (χ0) is 15.5. The average Bonchev–Trinajstić information content (AvgIpc) is 3.26. The second-order valence-electron chi connectivity index (χ2n) is 7.12. The molecule has 0 heterocycles. The number of carbonyl (C=O) groups is 1. The van der Waals surface area contributed by atoms with E-state index in [1.807, 2.05) is 6.92 Å². The van der Waals surface area contributed by atoms with Crippen molar-refractivity contribution in [1.29, 1.82) is 0 Å². The van der Waals surface area contributed by atoms with E-state index in [9.17, 15) is 4.79 Å². The van der Waals surface area contributed by atoms with Crippen molar-refractivity contribution < 1.29 is 14.3 Å². The molecule has 122 valence electrons. The minimum absolute atomic E-state index is 0.163. The number of likely N-dealkylation sites (N-methyl/N-ethyl adjacent to an activating group) is 1. The van der Waals surface area contributed by atoms with Gasteiger partial charge in [0.05, 0.1) is 19.8 Å². The molecule has 2 saturated carbocycles. The van der Waals surface area contributed by atoms with Crippen LogP contribution in [0, 0.1) is 17.8 Å². The number of methoxy groups -OCH3 is 1. The van der Waals surface area contributed by atoms with Gasteiger partial charge >= 0.3 is 5.97 Å². The van der Waals surface area contributed by atoms with Gasteiger partial charge < -0.3 is 9.47 Å². The summed E-state index contributed by atoms with van der Waals surface area (Å²) in [6.45, 7) is 7.83. The van der Waals surface area contributed by atoms with Gasteiger partial charge in [-0.3, -0.25) is 5.32 Å². The SMILES string of the molecule is CCNC(COC1CC(C)CC(C)C1)(C(=O)OC)C1CC1. The fourth-order valence-corrected chi connectivity index (χ4v) is 3.94. The molecule has 3 atom stereocenters. The van der Waals surface area contributed by atoms with Crippen molar-refractivity contribution in [2.45, 2.75) is 64.5 Å². The quantitative estimate of drug-likeness (QED) is 0.734. The van der Waals surface area contributed by atoms with Crippen LogP contribution in [0.4, 0.5) is 0 Å². The van der Waals surface area contributed by atoms with Crippen LogP contribution in [0.25, 0.3) is 0 Å². The van der Waals surface area contributed by atoms with Crippen LogP contribution < -0.4 is 5.32 Å². The van der Waals surface area contributed by atoms with Gasteiger partial charge in [-0.1, -0.05) is 20.8 Å². The third kappa shape index (κ3) is 3.98. The van der Waals surface area contributed by atoms with Crippen LogP contribution in [0.5, 0.6) is 0 Å². The lowest BCUT2D eigenvalue weighted by Crippen LogP contribution is -2.58. The Hall–Kier alpha value is -0.610. The van der Waals surface area contributed by atoms with Crippen molar-refractivity contribution in [2.24, 2.45) is 17.8 Å². The predicted molar refractivity (Wildman–Crippen MR) is 83.1 cm³/mol. The van der Waals surface area contributed by atoms with E-state index >= 15 is 0 Å². The van der Waals surface area contributed by atoms with Crippen LogP contribution in [0.15, 0.2) is 0 Å². The minimum Gasteiger partial charge on any atom is -0.468 e. The summed E-state index contributed by atoms with van der Waals surface area (Å²) in [6.07, 6.45) is 5.96. The Morgan fingerprint density at radius 2 is 1.81 bits per heavy atom. The molecule has 2 fully saturated rings. The van der Waals surface area contributed by atoms with E-state index in [-0.39, 0.29) is 12.1 Å². The number of esters is 1. The molecule has 0 saturated heterocycles. The molecular weight excluding hydrogens is 266 g/mol.